The molecule has 0 aromatic heterocycles. The van der Waals surface area contributed by atoms with Gasteiger partial charge in [-0.1, -0.05) is 106 Å². The van der Waals surface area contributed by atoms with Gasteiger partial charge in [-0.05, 0) is 59.4 Å². The quantitative estimate of drug-likeness (QED) is 0.383. The van der Waals surface area contributed by atoms with Gasteiger partial charge in [0, 0.05) is 18.7 Å². The number of phenols is 1. The van der Waals surface area contributed by atoms with Crippen LogP contribution in [-0.4, -0.2) is 28.2 Å². The van der Waals surface area contributed by atoms with E-state index in [2.05, 4.69) is 80.3 Å². The SMILES string of the molecule is CC(C)(C)c1ccc(C(O)(CCC=C(c2ccccc2)c2ccccc2)N2CCCCC2)cc1O. The number of piperidine rings is 1. The summed E-state index contributed by atoms with van der Waals surface area (Å²) in [6.07, 6.45) is 6.90. The zero-order valence-corrected chi connectivity index (χ0v) is 21.4. The number of allylic oxidation sites excluding steroid dienone is 1. The van der Waals surface area contributed by atoms with Gasteiger partial charge in [-0.25, -0.2) is 0 Å². The van der Waals surface area contributed by atoms with Crippen LogP contribution in [0.4, 0.5) is 0 Å². The van der Waals surface area contributed by atoms with E-state index in [0.717, 1.165) is 37.1 Å². The van der Waals surface area contributed by atoms with Crippen molar-refractivity contribution in [3.63, 3.8) is 0 Å². The topological polar surface area (TPSA) is 43.7 Å². The molecule has 0 amide bonds. The number of benzene rings is 3. The number of hydrogen-bond acceptors (Lipinski definition) is 3. The van der Waals surface area contributed by atoms with Crippen LogP contribution in [0.3, 0.4) is 0 Å². The van der Waals surface area contributed by atoms with Crippen LogP contribution >= 0.6 is 0 Å². The maximum absolute atomic E-state index is 12.2. The van der Waals surface area contributed by atoms with Gasteiger partial charge in [-0.2, -0.15) is 0 Å². The summed E-state index contributed by atoms with van der Waals surface area (Å²) in [5.41, 5.74) is 3.92. The van der Waals surface area contributed by atoms with Crippen LogP contribution < -0.4 is 0 Å². The molecule has 184 valence electrons. The third-order valence-corrected chi connectivity index (χ3v) is 7.16. The second-order valence-corrected chi connectivity index (χ2v) is 10.7. The van der Waals surface area contributed by atoms with Gasteiger partial charge in [-0.15, -0.1) is 0 Å². The molecule has 0 bridgehead atoms. The second kappa shape index (κ2) is 10.8. The van der Waals surface area contributed by atoms with Crippen molar-refractivity contribution >= 4 is 5.57 Å². The van der Waals surface area contributed by atoms with Crippen molar-refractivity contribution < 1.29 is 10.2 Å². The molecule has 3 nitrogen and oxygen atoms in total. The lowest BCUT2D eigenvalue weighted by Gasteiger charge is -2.42. The van der Waals surface area contributed by atoms with Crippen molar-refractivity contribution in [2.75, 3.05) is 13.1 Å². The van der Waals surface area contributed by atoms with Crippen molar-refractivity contribution in [3.05, 3.63) is 107 Å². The monoisotopic (exact) mass is 469 g/mol. The Labute approximate surface area is 210 Å². The highest BCUT2D eigenvalue weighted by Gasteiger charge is 2.37. The van der Waals surface area contributed by atoms with Crippen LogP contribution in [0.5, 0.6) is 5.75 Å². The number of rotatable bonds is 7. The van der Waals surface area contributed by atoms with Gasteiger partial charge >= 0.3 is 0 Å². The molecule has 1 heterocycles. The largest absolute Gasteiger partial charge is 0.508 e. The molecule has 3 heteroatoms. The number of aromatic hydroxyl groups is 1. The first-order valence-electron chi connectivity index (χ1n) is 12.9. The van der Waals surface area contributed by atoms with Crippen molar-refractivity contribution in [1.82, 2.24) is 4.90 Å². The van der Waals surface area contributed by atoms with Crippen molar-refractivity contribution in [1.29, 1.82) is 0 Å². The van der Waals surface area contributed by atoms with E-state index in [1.807, 2.05) is 24.3 Å². The Morgan fingerprint density at radius 2 is 1.40 bits per heavy atom. The molecular formula is C32H39NO2. The molecule has 0 saturated carbocycles. The average Bonchev–Trinajstić information content (AvgIpc) is 2.87. The average molecular weight is 470 g/mol. The van der Waals surface area contributed by atoms with Gasteiger partial charge in [0.2, 0.25) is 0 Å². The predicted octanol–water partition coefficient (Wildman–Crippen LogP) is 7.23. The van der Waals surface area contributed by atoms with Gasteiger partial charge in [0.05, 0.1) is 0 Å². The maximum Gasteiger partial charge on any atom is 0.145 e. The highest BCUT2D eigenvalue weighted by Crippen LogP contribution is 2.39. The zero-order valence-electron chi connectivity index (χ0n) is 21.4. The number of aliphatic hydroxyl groups is 1. The summed E-state index contributed by atoms with van der Waals surface area (Å²) in [7, 11) is 0. The summed E-state index contributed by atoms with van der Waals surface area (Å²) >= 11 is 0. The molecule has 0 aliphatic carbocycles. The van der Waals surface area contributed by atoms with E-state index in [-0.39, 0.29) is 11.2 Å². The van der Waals surface area contributed by atoms with Gasteiger partial charge in [-0.3, -0.25) is 4.90 Å². The fraction of sp³-hybridized carbons (Fsp3) is 0.375. The highest BCUT2D eigenvalue weighted by atomic mass is 16.3. The summed E-state index contributed by atoms with van der Waals surface area (Å²) in [6, 6.07) is 26.7. The van der Waals surface area contributed by atoms with Crippen LogP contribution in [0.15, 0.2) is 84.9 Å². The lowest BCUT2D eigenvalue weighted by molar-refractivity contribution is -0.129. The normalized spacial score (nSPS) is 16.5. The van der Waals surface area contributed by atoms with Gasteiger partial charge in [0.25, 0.3) is 0 Å². The van der Waals surface area contributed by atoms with Crippen molar-refractivity contribution in [2.45, 2.75) is 64.0 Å². The number of nitrogens with zero attached hydrogens (tertiary/aromatic N) is 1. The zero-order chi connectivity index (χ0) is 24.9. The van der Waals surface area contributed by atoms with Gasteiger partial charge in [0.1, 0.15) is 11.5 Å². The van der Waals surface area contributed by atoms with Crippen LogP contribution in [0.25, 0.3) is 5.57 Å². The Balaban J connectivity index is 1.67. The first kappa shape index (κ1) is 25.2. The minimum Gasteiger partial charge on any atom is -0.508 e. The van der Waals surface area contributed by atoms with E-state index in [0.29, 0.717) is 12.8 Å². The standard InChI is InChI=1S/C32H39NO2/c1-31(2,3)29-20-19-27(24-30(29)34)32(35,33-22-11-6-12-23-33)21-13-18-28(25-14-7-4-8-15-25)26-16-9-5-10-17-26/h4-5,7-10,14-20,24,34-35H,6,11-13,21-23H2,1-3H3. The van der Waals surface area contributed by atoms with Crippen LogP contribution in [0, 0.1) is 0 Å². The molecular weight excluding hydrogens is 430 g/mol. The number of phenolic OH excluding ortho intramolecular Hbond substituents is 1. The Morgan fingerprint density at radius 1 is 0.829 bits per heavy atom. The summed E-state index contributed by atoms with van der Waals surface area (Å²) in [4.78, 5) is 2.21. The molecule has 2 N–H and O–H groups in total. The minimum atomic E-state index is -1.12. The third kappa shape index (κ3) is 5.86. The van der Waals surface area contributed by atoms with E-state index in [1.165, 1.54) is 23.1 Å². The summed E-state index contributed by atoms with van der Waals surface area (Å²) < 4.78 is 0. The van der Waals surface area contributed by atoms with Crippen molar-refractivity contribution in [2.24, 2.45) is 0 Å². The molecule has 1 fully saturated rings. The number of hydrogen-bond donors (Lipinski definition) is 2. The molecule has 1 atom stereocenters. The van der Waals surface area contributed by atoms with E-state index in [4.69, 9.17) is 0 Å². The molecule has 35 heavy (non-hydrogen) atoms. The van der Waals surface area contributed by atoms with Crippen LogP contribution in [0.2, 0.25) is 0 Å². The molecule has 0 spiro atoms. The molecule has 3 aromatic carbocycles. The molecule has 3 aromatic rings. The lowest BCUT2D eigenvalue weighted by atomic mass is 9.84. The van der Waals surface area contributed by atoms with Gasteiger partial charge < -0.3 is 10.2 Å². The third-order valence-electron chi connectivity index (χ3n) is 7.16. The summed E-state index contributed by atoms with van der Waals surface area (Å²) in [5, 5.41) is 23.0. The minimum absolute atomic E-state index is 0.158. The Hall–Kier alpha value is -2.88. The smallest absolute Gasteiger partial charge is 0.145 e. The summed E-state index contributed by atoms with van der Waals surface area (Å²) in [5.74, 6) is 0.259. The summed E-state index contributed by atoms with van der Waals surface area (Å²) in [6.45, 7) is 8.02. The van der Waals surface area contributed by atoms with E-state index >= 15 is 0 Å². The molecule has 1 saturated heterocycles. The van der Waals surface area contributed by atoms with Crippen molar-refractivity contribution in [3.8, 4) is 5.75 Å². The second-order valence-electron chi connectivity index (χ2n) is 10.7. The molecule has 4 rings (SSSR count). The maximum atomic E-state index is 12.2. The van der Waals surface area contributed by atoms with E-state index in [9.17, 15) is 10.2 Å². The fourth-order valence-corrected chi connectivity index (χ4v) is 5.22. The predicted molar refractivity (Wildman–Crippen MR) is 145 cm³/mol. The molecule has 0 radical (unpaired) electrons. The molecule has 1 aliphatic heterocycles. The van der Waals surface area contributed by atoms with Crippen LogP contribution in [0.1, 0.15) is 75.1 Å². The van der Waals surface area contributed by atoms with E-state index in [1.54, 1.807) is 6.07 Å². The van der Waals surface area contributed by atoms with E-state index < -0.39 is 5.72 Å². The first-order chi connectivity index (χ1) is 16.8. The molecule has 1 aliphatic rings. The number of likely N-dealkylation sites (tertiary alicyclic amines) is 1. The Morgan fingerprint density at radius 3 is 1.91 bits per heavy atom. The van der Waals surface area contributed by atoms with Gasteiger partial charge in [0.15, 0.2) is 0 Å². The fourth-order valence-electron chi connectivity index (χ4n) is 5.22. The van der Waals surface area contributed by atoms with Crippen LogP contribution in [-0.2, 0) is 11.1 Å². The first-order valence-corrected chi connectivity index (χ1v) is 12.9. The molecule has 1 unspecified atom stereocenters. The Bertz CT molecular complexity index is 1080. The highest BCUT2D eigenvalue weighted by molar-refractivity contribution is 5.79. The lowest BCUT2D eigenvalue weighted by Crippen LogP contribution is -2.48. The Kier molecular flexibility index (Phi) is 7.78.